The Morgan fingerprint density at radius 3 is 2.95 bits per heavy atom. The van der Waals surface area contributed by atoms with Crippen molar-refractivity contribution in [2.24, 2.45) is 24.6 Å². The zero-order valence-corrected chi connectivity index (χ0v) is 11.6. The van der Waals surface area contributed by atoms with Crippen LogP contribution in [0.3, 0.4) is 0 Å². The minimum Gasteiger partial charge on any atom is -0.337 e. The maximum Gasteiger partial charge on any atom is 0.248 e. The third-order valence-electron chi connectivity index (χ3n) is 4.88. The van der Waals surface area contributed by atoms with Gasteiger partial charge in [-0.2, -0.15) is 10.1 Å². The van der Waals surface area contributed by atoms with E-state index in [9.17, 15) is 0 Å². The molecule has 106 valence electrons. The van der Waals surface area contributed by atoms with Gasteiger partial charge >= 0.3 is 0 Å². The lowest BCUT2D eigenvalue weighted by molar-refractivity contribution is 0.345. The van der Waals surface area contributed by atoms with Gasteiger partial charge in [-0.15, -0.1) is 0 Å². The van der Waals surface area contributed by atoms with Crippen LogP contribution in [0.25, 0.3) is 0 Å². The molecule has 2 bridgehead atoms. The molecule has 4 unspecified atom stereocenters. The molecule has 2 aliphatic carbocycles. The number of fused-ring (bicyclic) bond motifs is 2. The second-order valence-corrected chi connectivity index (χ2v) is 6.20. The predicted octanol–water partition coefficient (Wildman–Crippen LogP) is 1.75. The molecule has 2 heterocycles. The summed E-state index contributed by atoms with van der Waals surface area (Å²) in [6.45, 7) is 0. The number of hydrogen-bond donors (Lipinski definition) is 1. The summed E-state index contributed by atoms with van der Waals surface area (Å²) in [5, 5.41) is 8.30. The van der Waals surface area contributed by atoms with E-state index in [4.69, 9.17) is 10.3 Å². The topological polar surface area (TPSA) is 82.8 Å². The molecule has 0 amide bonds. The van der Waals surface area contributed by atoms with Gasteiger partial charge in [-0.1, -0.05) is 11.6 Å². The lowest BCUT2D eigenvalue weighted by Gasteiger charge is -2.17. The number of hydrogen-bond acceptors (Lipinski definition) is 5. The number of nitrogens with two attached hydrogens (primary N) is 1. The lowest BCUT2D eigenvalue weighted by atomic mass is 9.88. The first-order valence-electron chi connectivity index (χ1n) is 7.28. The van der Waals surface area contributed by atoms with Crippen molar-refractivity contribution in [3.63, 3.8) is 0 Å². The Bertz CT molecular complexity index is 619. The number of aryl methyl sites for hydroxylation is 1. The Morgan fingerprint density at radius 2 is 2.30 bits per heavy atom. The third kappa shape index (κ3) is 1.86. The summed E-state index contributed by atoms with van der Waals surface area (Å²) >= 11 is 0. The average molecular weight is 273 g/mol. The van der Waals surface area contributed by atoms with Crippen LogP contribution in [-0.2, 0) is 7.05 Å². The number of aromatic nitrogens is 4. The van der Waals surface area contributed by atoms with E-state index < -0.39 is 0 Å². The number of rotatable bonds is 3. The van der Waals surface area contributed by atoms with Crippen molar-refractivity contribution in [1.82, 2.24) is 19.9 Å². The van der Waals surface area contributed by atoms with E-state index in [1.807, 2.05) is 13.2 Å². The van der Waals surface area contributed by atoms with E-state index >= 15 is 0 Å². The van der Waals surface area contributed by atoms with Crippen LogP contribution < -0.4 is 5.73 Å². The van der Waals surface area contributed by atoms with Crippen molar-refractivity contribution in [3.05, 3.63) is 29.7 Å². The molecule has 2 fully saturated rings. The van der Waals surface area contributed by atoms with Gasteiger partial charge in [-0.05, 0) is 31.1 Å². The standard InChI is InChI=1S/C14H19N5O/c1-19-7-10(6-16-19)12(15)14-17-13(18-20-14)11-5-8-2-3-9(11)4-8/h6-9,11-12H,2-5,15H2,1H3. The summed E-state index contributed by atoms with van der Waals surface area (Å²) in [6.07, 6.45) is 8.86. The molecule has 4 rings (SSSR count). The zero-order valence-electron chi connectivity index (χ0n) is 11.6. The summed E-state index contributed by atoms with van der Waals surface area (Å²) in [6, 6.07) is -0.386. The number of nitrogens with zero attached hydrogens (tertiary/aromatic N) is 4. The van der Waals surface area contributed by atoms with Crippen molar-refractivity contribution >= 4 is 0 Å². The van der Waals surface area contributed by atoms with Crippen molar-refractivity contribution < 1.29 is 4.52 Å². The van der Waals surface area contributed by atoms with Crippen molar-refractivity contribution in [3.8, 4) is 0 Å². The Hall–Kier alpha value is -1.69. The first kappa shape index (κ1) is 12.1. The quantitative estimate of drug-likeness (QED) is 0.921. The molecule has 2 aromatic rings. The SMILES string of the molecule is Cn1cc(C(N)c2nc(C3CC4CCC3C4)no2)cn1. The van der Waals surface area contributed by atoms with Gasteiger partial charge in [-0.3, -0.25) is 4.68 Å². The lowest BCUT2D eigenvalue weighted by Crippen LogP contribution is -2.13. The highest BCUT2D eigenvalue weighted by atomic mass is 16.5. The fourth-order valence-corrected chi connectivity index (χ4v) is 3.83. The van der Waals surface area contributed by atoms with E-state index in [-0.39, 0.29) is 6.04 Å². The Kier molecular flexibility index (Phi) is 2.66. The van der Waals surface area contributed by atoms with Crippen LogP contribution in [0.4, 0.5) is 0 Å². The van der Waals surface area contributed by atoms with Crippen LogP contribution in [0, 0.1) is 11.8 Å². The van der Waals surface area contributed by atoms with E-state index in [1.165, 1.54) is 25.7 Å². The summed E-state index contributed by atoms with van der Waals surface area (Å²) < 4.78 is 7.11. The van der Waals surface area contributed by atoms with Crippen LogP contribution in [-0.4, -0.2) is 19.9 Å². The van der Waals surface area contributed by atoms with E-state index in [0.717, 1.165) is 23.2 Å². The Labute approximate surface area is 117 Å². The van der Waals surface area contributed by atoms with Crippen LogP contribution >= 0.6 is 0 Å². The first-order chi connectivity index (χ1) is 9.70. The fourth-order valence-electron chi connectivity index (χ4n) is 3.83. The average Bonchev–Trinajstić information content (AvgIpc) is 3.21. The molecule has 2 saturated carbocycles. The third-order valence-corrected chi connectivity index (χ3v) is 4.88. The maximum absolute atomic E-state index is 6.17. The second-order valence-electron chi connectivity index (χ2n) is 6.20. The molecule has 2 aliphatic rings. The summed E-state index contributed by atoms with van der Waals surface area (Å²) in [7, 11) is 1.87. The molecule has 20 heavy (non-hydrogen) atoms. The van der Waals surface area contributed by atoms with E-state index in [0.29, 0.717) is 11.8 Å². The van der Waals surface area contributed by atoms with Crippen molar-refractivity contribution in [1.29, 1.82) is 0 Å². The predicted molar refractivity (Wildman–Crippen MR) is 71.7 cm³/mol. The molecule has 6 heteroatoms. The second kappa shape index (κ2) is 4.41. The minimum atomic E-state index is -0.386. The van der Waals surface area contributed by atoms with Crippen LogP contribution in [0.5, 0.6) is 0 Å². The van der Waals surface area contributed by atoms with Gasteiger partial charge in [0, 0.05) is 24.7 Å². The van der Waals surface area contributed by atoms with E-state index in [1.54, 1.807) is 10.9 Å². The van der Waals surface area contributed by atoms with Gasteiger partial charge in [0.1, 0.15) is 6.04 Å². The van der Waals surface area contributed by atoms with Gasteiger partial charge in [0.25, 0.3) is 0 Å². The molecule has 6 nitrogen and oxygen atoms in total. The van der Waals surface area contributed by atoms with Crippen LogP contribution in [0.1, 0.15) is 54.9 Å². The van der Waals surface area contributed by atoms with E-state index in [2.05, 4.69) is 15.2 Å². The van der Waals surface area contributed by atoms with Crippen molar-refractivity contribution in [2.75, 3.05) is 0 Å². The first-order valence-corrected chi connectivity index (χ1v) is 7.28. The van der Waals surface area contributed by atoms with Gasteiger partial charge in [-0.25, -0.2) is 0 Å². The highest BCUT2D eigenvalue weighted by Gasteiger charge is 2.42. The van der Waals surface area contributed by atoms with Gasteiger partial charge in [0.15, 0.2) is 5.82 Å². The molecule has 2 N–H and O–H groups in total. The largest absolute Gasteiger partial charge is 0.337 e. The van der Waals surface area contributed by atoms with Crippen LogP contribution in [0.2, 0.25) is 0 Å². The summed E-state index contributed by atoms with van der Waals surface area (Å²) in [5.41, 5.74) is 7.07. The maximum atomic E-state index is 6.17. The molecule has 0 radical (unpaired) electrons. The van der Waals surface area contributed by atoms with Gasteiger partial charge < -0.3 is 10.3 Å². The molecule has 2 aromatic heterocycles. The smallest absolute Gasteiger partial charge is 0.248 e. The zero-order chi connectivity index (χ0) is 13.7. The van der Waals surface area contributed by atoms with Crippen molar-refractivity contribution in [2.45, 2.75) is 37.6 Å². The van der Waals surface area contributed by atoms with Gasteiger partial charge in [0.05, 0.1) is 6.20 Å². The molecule has 0 aliphatic heterocycles. The highest BCUT2D eigenvalue weighted by molar-refractivity contribution is 5.18. The fraction of sp³-hybridized carbons (Fsp3) is 0.643. The molecule has 0 aromatic carbocycles. The summed E-state index contributed by atoms with van der Waals surface area (Å²) in [4.78, 5) is 4.56. The summed E-state index contributed by atoms with van der Waals surface area (Å²) in [5.74, 6) is 3.45. The van der Waals surface area contributed by atoms with Crippen LogP contribution in [0.15, 0.2) is 16.9 Å². The minimum absolute atomic E-state index is 0.386. The highest BCUT2D eigenvalue weighted by Crippen LogP contribution is 2.52. The van der Waals surface area contributed by atoms with Gasteiger partial charge in [0.2, 0.25) is 5.89 Å². The Balaban J connectivity index is 1.56. The molecule has 0 saturated heterocycles. The molecule has 0 spiro atoms. The monoisotopic (exact) mass is 273 g/mol. The Morgan fingerprint density at radius 1 is 1.40 bits per heavy atom. The molecule has 4 atom stereocenters. The normalized spacial score (nSPS) is 30.0. The molecular formula is C14H19N5O. The molecular weight excluding hydrogens is 254 g/mol.